The van der Waals surface area contributed by atoms with Crippen LogP contribution in [0.4, 0.5) is 18.9 Å². The van der Waals surface area contributed by atoms with Crippen LogP contribution >= 0.6 is 0 Å². The van der Waals surface area contributed by atoms with Gasteiger partial charge in [-0.15, -0.1) is 0 Å². The minimum atomic E-state index is -4.51. The standard InChI is InChI=1S/C13H17F3N2O/c1-2-3-4-5-18-12(19)9-6-10(13(14,15)16)8-11(17)7-9/h6-8H,2-5,17H2,1H3,(H,18,19). The van der Waals surface area contributed by atoms with Crippen LogP contribution in [0.5, 0.6) is 0 Å². The largest absolute Gasteiger partial charge is 0.416 e. The van der Waals surface area contributed by atoms with Gasteiger partial charge < -0.3 is 11.1 Å². The predicted octanol–water partition coefficient (Wildman–Crippen LogP) is 3.21. The number of rotatable bonds is 5. The second-order valence-corrected chi connectivity index (χ2v) is 4.30. The Morgan fingerprint density at radius 2 is 1.95 bits per heavy atom. The summed E-state index contributed by atoms with van der Waals surface area (Å²) < 4.78 is 37.7. The van der Waals surface area contributed by atoms with Crippen molar-refractivity contribution in [3.05, 3.63) is 29.3 Å². The van der Waals surface area contributed by atoms with E-state index in [9.17, 15) is 18.0 Å². The van der Waals surface area contributed by atoms with Crippen molar-refractivity contribution >= 4 is 11.6 Å². The lowest BCUT2D eigenvalue weighted by molar-refractivity contribution is -0.137. The number of unbranched alkanes of at least 4 members (excludes halogenated alkanes) is 2. The summed E-state index contributed by atoms with van der Waals surface area (Å²) in [5, 5.41) is 2.58. The lowest BCUT2D eigenvalue weighted by atomic mass is 10.1. The van der Waals surface area contributed by atoms with Crippen LogP contribution in [0.1, 0.15) is 42.1 Å². The fourth-order valence-corrected chi connectivity index (χ4v) is 1.63. The van der Waals surface area contributed by atoms with Crippen molar-refractivity contribution < 1.29 is 18.0 Å². The van der Waals surface area contributed by atoms with Crippen molar-refractivity contribution in [1.82, 2.24) is 5.32 Å². The molecule has 0 aliphatic carbocycles. The molecule has 6 heteroatoms. The molecule has 3 nitrogen and oxygen atoms in total. The number of hydrogen-bond acceptors (Lipinski definition) is 2. The number of carbonyl (C=O) groups excluding carboxylic acids is 1. The number of nitrogens with two attached hydrogens (primary N) is 1. The van der Waals surface area contributed by atoms with E-state index < -0.39 is 17.6 Å². The first-order valence-corrected chi connectivity index (χ1v) is 6.10. The highest BCUT2D eigenvalue weighted by molar-refractivity contribution is 5.95. The van der Waals surface area contributed by atoms with Gasteiger partial charge in [0.2, 0.25) is 0 Å². The Kier molecular flexibility index (Phi) is 5.20. The third-order valence-corrected chi connectivity index (χ3v) is 2.61. The van der Waals surface area contributed by atoms with Gasteiger partial charge in [0.1, 0.15) is 0 Å². The summed E-state index contributed by atoms with van der Waals surface area (Å²) in [5.74, 6) is -0.533. The molecule has 1 aromatic carbocycles. The molecule has 0 atom stereocenters. The number of alkyl halides is 3. The third-order valence-electron chi connectivity index (χ3n) is 2.61. The first-order chi connectivity index (χ1) is 8.84. The number of nitrogen functional groups attached to an aromatic ring is 1. The van der Waals surface area contributed by atoms with Gasteiger partial charge in [0.05, 0.1) is 5.56 Å². The molecule has 0 heterocycles. The topological polar surface area (TPSA) is 55.1 Å². The molecule has 0 aliphatic heterocycles. The van der Waals surface area contributed by atoms with Gasteiger partial charge in [-0.25, -0.2) is 0 Å². The molecule has 0 radical (unpaired) electrons. The number of nitrogens with one attached hydrogen (secondary N) is 1. The normalized spacial score (nSPS) is 11.4. The smallest absolute Gasteiger partial charge is 0.399 e. The zero-order valence-electron chi connectivity index (χ0n) is 10.7. The Bertz CT molecular complexity index is 444. The van der Waals surface area contributed by atoms with Crippen molar-refractivity contribution in [2.45, 2.75) is 32.4 Å². The molecule has 106 valence electrons. The average molecular weight is 274 g/mol. The van der Waals surface area contributed by atoms with Crippen LogP contribution in [0, 0.1) is 0 Å². The Morgan fingerprint density at radius 1 is 1.26 bits per heavy atom. The predicted molar refractivity (Wildman–Crippen MR) is 67.7 cm³/mol. The van der Waals surface area contributed by atoms with Crippen molar-refractivity contribution in [3.8, 4) is 0 Å². The van der Waals surface area contributed by atoms with Crippen LogP contribution in [-0.4, -0.2) is 12.5 Å². The summed E-state index contributed by atoms with van der Waals surface area (Å²) in [6.07, 6.45) is -1.74. The van der Waals surface area contributed by atoms with Crippen molar-refractivity contribution in [1.29, 1.82) is 0 Å². The minimum absolute atomic E-state index is 0.0659. The van der Waals surface area contributed by atoms with Gasteiger partial charge in [0.15, 0.2) is 0 Å². The molecular weight excluding hydrogens is 257 g/mol. The summed E-state index contributed by atoms with van der Waals surface area (Å²) in [4.78, 5) is 11.7. The molecule has 1 amide bonds. The molecule has 1 aromatic rings. The van der Waals surface area contributed by atoms with Gasteiger partial charge in [-0.1, -0.05) is 19.8 Å². The molecule has 0 bridgehead atoms. The van der Waals surface area contributed by atoms with Crippen molar-refractivity contribution in [3.63, 3.8) is 0 Å². The molecular formula is C13H17F3N2O. The Morgan fingerprint density at radius 3 is 2.53 bits per heavy atom. The summed E-state index contributed by atoms with van der Waals surface area (Å²) in [6, 6.07) is 2.86. The molecule has 0 spiro atoms. The van der Waals surface area contributed by atoms with E-state index in [1.54, 1.807) is 0 Å². The molecule has 1 rings (SSSR count). The summed E-state index contributed by atoms with van der Waals surface area (Å²) >= 11 is 0. The maximum Gasteiger partial charge on any atom is 0.416 e. The molecule has 0 saturated carbocycles. The van der Waals surface area contributed by atoms with Crippen LogP contribution in [0.2, 0.25) is 0 Å². The fraction of sp³-hybridized carbons (Fsp3) is 0.462. The number of hydrogen-bond donors (Lipinski definition) is 2. The lowest BCUT2D eigenvalue weighted by Gasteiger charge is -2.10. The zero-order chi connectivity index (χ0) is 14.5. The second-order valence-electron chi connectivity index (χ2n) is 4.30. The van der Waals surface area contributed by atoms with Gasteiger partial charge >= 0.3 is 6.18 Å². The van der Waals surface area contributed by atoms with Crippen LogP contribution < -0.4 is 11.1 Å². The monoisotopic (exact) mass is 274 g/mol. The number of carbonyl (C=O) groups is 1. The van der Waals surface area contributed by atoms with E-state index in [4.69, 9.17) is 5.73 Å². The van der Waals surface area contributed by atoms with E-state index >= 15 is 0 Å². The SMILES string of the molecule is CCCCCNC(=O)c1cc(N)cc(C(F)(F)F)c1. The molecule has 19 heavy (non-hydrogen) atoms. The quantitative estimate of drug-likeness (QED) is 0.640. The molecule has 0 aliphatic rings. The maximum absolute atomic E-state index is 12.6. The van der Waals surface area contributed by atoms with Gasteiger partial charge in [-0.3, -0.25) is 4.79 Å². The fourth-order valence-electron chi connectivity index (χ4n) is 1.63. The molecule has 0 aromatic heterocycles. The number of anilines is 1. The Balaban J connectivity index is 2.77. The van der Waals surface area contributed by atoms with E-state index in [0.717, 1.165) is 31.4 Å². The highest BCUT2D eigenvalue weighted by Gasteiger charge is 2.31. The van der Waals surface area contributed by atoms with Crippen molar-refractivity contribution in [2.24, 2.45) is 0 Å². The first-order valence-electron chi connectivity index (χ1n) is 6.10. The van der Waals surface area contributed by atoms with Gasteiger partial charge in [-0.05, 0) is 24.6 Å². The molecule has 0 saturated heterocycles. The van der Waals surface area contributed by atoms with Crippen molar-refractivity contribution in [2.75, 3.05) is 12.3 Å². The van der Waals surface area contributed by atoms with E-state index in [-0.39, 0.29) is 11.3 Å². The van der Waals surface area contributed by atoms with Crippen LogP contribution in [0.15, 0.2) is 18.2 Å². The van der Waals surface area contributed by atoms with E-state index in [1.165, 1.54) is 6.07 Å². The van der Waals surface area contributed by atoms with E-state index in [1.807, 2.05) is 6.92 Å². The molecule has 0 unspecified atom stereocenters. The summed E-state index contributed by atoms with van der Waals surface area (Å²) in [5.41, 5.74) is 4.34. The molecule has 3 N–H and O–H groups in total. The van der Waals surface area contributed by atoms with Crippen LogP contribution in [0.25, 0.3) is 0 Å². The lowest BCUT2D eigenvalue weighted by Crippen LogP contribution is -2.25. The highest BCUT2D eigenvalue weighted by atomic mass is 19.4. The molecule has 0 fully saturated rings. The highest BCUT2D eigenvalue weighted by Crippen LogP contribution is 2.31. The Labute approximate surface area is 110 Å². The van der Waals surface area contributed by atoms with E-state index in [0.29, 0.717) is 6.54 Å². The van der Waals surface area contributed by atoms with Crippen LogP contribution in [0.3, 0.4) is 0 Å². The summed E-state index contributed by atoms with van der Waals surface area (Å²) in [6.45, 7) is 2.47. The van der Waals surface area contributed by atoms with Gasteiger partial charge in [0, 0.05) is 17.8 Å². The van der Waals surface area contributed by atoms with E-state index in [2.05, 4.69) is 5.32 Å². The zero-order valence-corrected chi connectivity index (χ0v) is 10.7. The number of amides is 1. The number of benzene rings is 1. The number of halogens is 3. The third kappa shape index (κ3) is 4.81. The second kappa shape index (κ2) is 6.45. The summed E-state index contributed by atoms with van der Waals surface area (Å²) in [7, 11) is 0. The average Bonchev–Trinajstić information content (AvgIpc) is 2.32. The first kappa shape index (κ1) is 15.3. The Hall–Kier alpha value is -1.72. The van der Waals surface area contributed by atoms with Gasteiger partial charge in [0.25, 0.3) is 5.91 Å². The van der Waals surface area contributed by atoms with Gasteiger partial charge in [-0.2, -0.15) is 13.2 Å². The minimum Gasteiger partial charge on any atom is -0.399 e. The maximum atomic E-state index is 12.6. The van der Waals surface area contributed by atoms with Crippen LogP contribution in [-0.2, 0) is 6.18 Å².